The third-order valence-corrected chi connectivity index (χ3v) is 3.80. The number of hydrogen-bond donors (Lipinski definition) is 1. The van der Waals surface area contributed by atoms with Gasteiger partial charge < -0.3 is 9.67 Å². The molecule has 1 aromatic rings. The van der Waals surface area contributed by atoms with Crippen molar-refractivity contribution in [1.82, 2.24) is 9.55 Å². The summed E-state index contributed by atoms with van der Waals surface area (Å²) in [6.07, 6.45) is 7.21. The summed E-state index contributed by atoms with van der Waals surface area (Å²) in [5.74, 6) is -0.00160. The van der Waals surface area contributed by atoms with E-state index in [0.717, 1.165) is 17.5 Å². The minimum Gasteiger partial charge on any atom is -0.481 e. The molecule has 1 unspecified atom stereocenters. The lowest BCUT2D eigenvalue weighted by Crippen LogP contribution is -2.07. The highest BCUT2D eigenvalue weighted by Gasteiger charge is 2.11. The molecule has 4 nitrogen and oxygen atoms in total. The molecular formula is C13H22N2O2S. The van der Waals surface area contributed by atoms with Gasteiger partial charge in [0.1, 0.15) is 0 Å². The third kappa shape index (κ3) is 5.12. The molecule has 1 atom stereocenters. The van der Waals surface area contributed by atoms with E-state index in [9.17, 15) is 4.79 Å². The first-order valence-electron chi connectivity index (χ1n) is 6.38. The van der Waals surface area contributed by atoms with Crippen LogP contribution in [0.4, 0.5) is 0 Å². The second-order valence-corrected chi connectivity index (χ2v) is 5.92. The second-order valence-electron chi connectivity index (χ2n) is 4.97. The summed E-state index contributed by atoms with van der Waals surface area (Å²) in [5, 5.41) is 9.49. The van der Waals surface area contributed by atoms with Crippen molar-refractivity contribution >= 4 is 17.7 Å². The van der Waals surface area contributed by atoms with Crippen molar-refractivity contribution in [2.45, 2.75) is 51.2 Å². The maximum Gasteiger partial charge on any atom is 0.313 e. The van der Waals surface area contributed by atoms with E-state index in [2.05, 4.69) is 30.3 Å². The molecule has 1 heterocycles. The highest BCUT2D eigenvalue weighted by Crippen LogP contribution is 2.23. The fraction of sp³-hybridized carbons (Fsp3) is 0.692. The van der Waals surface area contributed by atoms with Gasteiger partial charge in [0.2, 0.25) is 0 Å². The summed E-state index contributed by atoms with van der Waals surface area (Å²) in [6, 6.07) is 0.377. The predicted molar refractivity (Wildman–Crippen MR) is 74.0 cm³/mol. The molecule has 0 fully saturated rings. The monoisotopic (exact) mass is 270 g/mol. The lowest BCUT2D eigenvalue weighted by atomic mass is 10.0. The quantitative estimate of drug-likeness (QED) is 0.735. The van der Waals surface area contributed by atoms with Gasteiger partial charge in [-0.25, -0.2) is 4.98 Å². The number of thioether (sulfide) groups is 1. The predicted octanol–water partition coefficient (Wildman–Crippen LogP) is 3.45. The molecule has 0 aliphatic heterocycles. The van der Waals surface area contributed by atoms with Gasteiger partial charge in [-0.2, -0.15) is 0 Å². The molecule has 1 aromatic heterocycles. The summed E-state index contributed by atoms with van der Waals surface area (Å²) in [7, 11) is 0. The first-order valence-corrected chi connectivity index (χ1v) is 7.36. The molecular weight excluding hydrogens is 248 g/mol. The summed E-state index contributed by atoms with van der Waals surface area (Å²) >= 11 is 1.28. The van der Waals surface area contributed by atoms with Gasteiger partial charge in [-0.3, -0.25) is 4.79 Å². The number of hydrogen-bond acceptors (Lipinski definition) is 3. The van der Waals surface area contributed by atoms with Crippen molar-refractivity contribution < 1.29 is 9.90 Å². The largest absolute Gasteiger partial charge is 0.481 e. The summed E-state index contributed by atoms with van der Waals surface area (Å²) in [5.41, 5.74) is 0. The first kappa shape index (κ1) is 15.1. The van der Waals surface area contributed by atoms with Gasteiger partial charge in [0, 0.05) is 18.4 Å². The highest BCUT2D eigenvalue weighted by molar-refractivity contribution is 7.99. The number of aliphatic carboxylic acids is 1. The minimum absolute atomic E-state index is 0.0652. The topological polar surface area (TPSA) is 55.1 Å². The lowest BCUT2D eigenvalue weighted by Gasteiger charge is -2.16. The Morgan fingerprint density at radius 3 is 2.78 bits per heavy atom. The van der Waals surface area contributed by atoms with Gasteiger partial charge in [-0.1, -0.05) is 38.5 Å². The Labute approximate surface area is 113 Å². The molecule has 0 aliphatic carbocycles. The van der Waals surface area contributed by atoms with Crippen molar-refractivity contribution in [2.24, 2.45) is 5.92 Å². The van der Waals surface area contributed by atoms with Crippen LogP contribution in [0.15, 0.2) is 17.6 Å². The molecule has 0 saturated heterocycles. The number of carboxylic acid groups (broad SMARTS) is 1. The Bertz CT molecular complexity index is 377. The van der Waals surface area contributed by atoms with Gasteiger partial charge >= 0.3 is 5.97 Å². The molecule has 0 aromatic carbocycles. The van der Waals surface area contributed by atoms with Crippen LogP contribution in [0.2, 0.25) is 0 Å². The number of rotatable bonds is 8. The Morgan fingerprint density at radius 2 is 2.17 bits per heavy atom. The van der Waals surface area contributed by atoms with Crippen LogP contribution in [0, 0.1) is 5.92 Å². The number of aromatic nitrogens is 2. The molecule has 0 amide bonds. The zero-order valence-corrected chi connectivity index (χ0v) is 12.1. The molecule has 102 valence electrons. The Balaban J connectivity index is 2.49. The van der Waals surface area contributed by atoms with Crippen LogP contribution in [-0.2, 0) is 4.79 Å². The number of carboxylic acids is 1. The average Bonchev–Trinajstić information content (AvgIpc) is 2.73. The van der Waals surface area contributed by atoms with Gasteiger partial charge in [-0.05, 0) is 19.3 Å². The fourth-order valence-corrected chi connectivity index (χ4v) is 2.61. The normalized spacial score (nSPS) is 12.9. The molecule has 0 saturated carbocycles. The van der Waals surface area contributed by atoms with E-state index in [1.807, 2.05) is 6.20 Å². The standard InChI is InChI=1S/C13H22N2O2S/c1-10(2)5-4-6-11(3)15-8-7-14-13(15)18-9-12(16)17/h7-8,10-11H,4-6,9H2,1-3H3,(H,16,17). The first-order chi connectivity index (χ1) is 8.50. The minimum atomic E-state index is -0.804. The van der Waals surface area contributed by atoms with Crippen LogP contribution in [0.5, 0.6) is 0 Å². The molecule has 0 spiro atoms. The van der Waals surface area contributed by atoms with Crippen molar-refractivity contribution in [3.05, 3.63) is 12.4 Å². The van der Waals surface area contributed by atoms with E-state index in [1.54, 1.807) is 6.20 Å². The van der Waals surface area contributed by atoms with Crippen LogP contribution < -0.4 is 0 Å². The average molecular weight is 270 g/mol. The van der Waals surface area contributed by atoms with E-state index in [-0.39, 0.29) is 5.75 Å². The zero-order chi connectivity index (χ0) is 13.5. The summed E-state index contributed by atoms with van der Waals surface area (Å²) < 4.78 is 2.08. The SMILES string of the molecule is CC(C)CCCC(C)n1ccnc1SCC(=O)O. The van der Waals surface area contributed by atoms with E-state index in [1.165, 1.54) is 24.6 Å². The smallest absolute Gasteiger partial charge is 0.313 e. The zero-order valence-electron chi connectivity index (χ0n) is 11.3. The number of nitrogens with zero attached hydrogens (tertiary/aromatic N) is 2. The van der Waals surface area contributed by atoms with Crippen LogP contribution >= 0.6 is 11.8 Å². The maximum atomic E-state index is 10.6. The van der Waals surface area contributed by atoms with Crippen molar-refractivity contribution in [3.8, 4) is 0 Å². The molecule has 5 heteroatoms. The molecule has 0 aliphatic rings. The number of carbonyl (C=O) groups is 1. The molecule has 0 radical (unpaired) electrons. The van der Waals surface area contributed by atoms with E-state index in [4.69, 9.17) is 5.11 Å². The van der Waals surface area contributed by atoms with Crippen LogP contribution in [0.3, 0.4) is 0 Å². The van der Waals surface area contributed by atoms with Crippen molar-refractivity contribution in [3.63, 3.8) is 0 Å². The van der Waals surface area contributed by atoms with Gasteiger partial charge in [-0.15, -0.1) is 0 Å². The summed E-state index contributed by atoms with van der Waals surface area (Å²) in [6.45, 7) is 6.62. The Hall–Kier alpha value is -0.970. The highest BCUT2D eigenvalue weighted by atomic mass is 32.2. The van der Waals surface area contributed by atoms with Crippen LogP contribution in [-0.4, -0.2) is 26.4 Å². The van der Waals surface area contributed by atoms with Crippen molar-refractivity contribution in [1.29, 1.82) is 0 Å². The lowest BCUT2D eigenvalue weighted by molar-refractivity contribution is -0.133. The Morgan fingerprint density at radius 1 is 1.44 bits per heavy atom. The molecule has 0 bridgehead atoms. The van der Waals surface area contributed by atoms with Crippen LogP contribution in [0.25, 0.3) is 0 Å². The fourth-order valence-electron chi connectivity index (χ4n) is 1.83. The molecule has 1 rings (SSSR count). The van der Waals surface area contributed by atoms with E-state index in [0.29, 0.717) is 6.04 Å². The molecule has 1 N–H and O–H groups in total. The van der Waals surface area contributed by atoms with Gasteiger partial charge in [0.25, 0.3) is 0 Å². The molecule has 18 heavy (non-hydrogen) atoms. The number of imidazole rings is 1. The van der Waals surface area contributed by atoms with E-state index < -0.39 is 5.97 Å². The van der Waals surface area contributed by atoms with Gasteiger partial charge in [0.15, 0.2) is 5.16 Å². The van der Waals surface area contributed by atoms with Crippen molar-refractivity contribution in [2.75, 3.05) is 5.75 Å². The van der Waals surface area contributed by atoms with Gasteiger partial charge in [0.05, 0.1) is 5.75 Å². The Kier molecular flexibility index (Phi) is 6.25. The maximum absolute atomic E-state index is 10.6. The van der Waals surface area contributed by atoms with Crippen LogP contribution in [0.1, 0.15) is 46.1 Å². The van der Waals surface area contributed by atoms with E-state index >= 15 is 0 Å². The summed E-state index contributed by atoms with van der Waals surface area (Å²) in [4.78, 5) is 14.8. The second kappa shape index (κ2) is 7.46. The third-order valence-electron chi connectivity index (χ3n) is 2.84.